The highest BCUT2D eigenvalue weighted by Crippen LogP contribution is 2.31. The minimum atomic E-state index is -5.01. The number of nitrogens with zero attached hydrogens (tertiary/aromatic N) is 1. The molecule has 0 aromatic carbocycles. The Bertz CT molecular complexity index is 350. The number of aromatic nitrogens is 1. The van der Waals surface area contributed by atoms with Crippen LogP contribution in [0.25, 0.3) is 0 Å². The van der Waals surface area contributed by atoms with Gasteiger partial charge in [0.1, 0.15) is 0 Å². The van der Waals surface area contributed by atoms with E-state index < -0.39 is 23.9 Å². The van der Waals surface area contributed by atoms with E-state index >= 15 is 0 Å². The predicted octanol–water partition coefficient (Wildman–Crippen LogP) is 2.13. The molecule has 78 valence electrons. The molecule has 1 aromatic rings. The highest BCUT2D eigenvalue weighted by Gasteiger charge is 2.33. The second-order valence-electron chi connectivity index (χ2n) is 2.46. The van der Waals surface area contributed by atoms with Gasteiger partial charge in [-0.15, -0.1) is 13.2 Å². The molecule has 0 radical (unpaired) electrons. The van der Waals surface area contributed by atoms with Gasteiger partial charge in [-0.1, -0.05) is 0 Å². The molecule has 14 heavy (non-hydrogen) atoms. The Morgan fingerprint density at radius 2 is 2.00 bits per heavy atom. The van der Waals surface area contributed by atoms with Crippen LogP contribution in [0.15, 0.2) is 6.07 Å². The molecule has 1 N–H and O–H groups in total. The minimum absolute atomic E-state index is 0.0863. The van der Waals surface area contributed by atoms with Gasteiger partial charge < -0.3 is 9.84 Å². The average molecular weight is 211 g/mol. The largest absolute Gasteiger partial charge is 0.574 e. The fourth-order valence-electron chi connectivity index (χ4n) is 0.779. The molecule has 1 heterocycles. The predicted molar refractivity (Wildman–Crippen MR) is 37.3 cm³/mol. The van der Waals surface area contributed by atoms with E-state index in [1.165, 1.54) is 6.92 Å². The van der Waals surface area contributed by atoms with Crippen LogP contribution >= 0.6 is 0 Å². The summed E-state index contributed by atoms with van der Waals surface area (Å²) in [5.74, 6) is -3.17. The molecule has 0 aliphatic heterocycles. The lowest BCUT2D eigenvalue weighted by Crippen LogP contribution is -2.18. The van der Waals surface area contributed by atoms with Crippen molar-refractivity contribution in [1.29, 1.82) is 0 Å². The van der Waals surface area contributed by atoms with E-state index in [0.29, 0.717) is 0 Å². The molecular weight excluding hydrogens is 206 g/mol. The topological polar surface area (TPSA) is 42.4 Å². The lowest BCUT2D eigenvalue weighted by Gasteiger charge is -2.10. The number of rotatable bonds is 1. The molecule has 0 saturated carbocycles. The second kappa shape index (κ2) is 3.32. The van der Waals surface area contributed by atoms with Gasteiger partial charge in [0.05, 0.1) is 0 Å². The van der Waals surface area contributed by atoms with Crippen molar-refractivity contribution in [2.24, 2.45) is 0 Å². The van der Waals surface area contributed by atoms with Gasteiger partial charge in [-0.05, 0) is 6.92 Å². The van der Waals surface area contributed by atoms with Crippen molar-refractivity contribution in [3.8, 4) is 11.6 Å². The van der Waals surface area contributed by atoms with Crippen molar-refractivity contribution >= 4 is 0 Å². The summed E-state index contributed by atoms with van der Waals surface area (Å²) in [6.45, 7) is 1.23. The van der Waals surface area contributed by atoms with Crippen LogP contribution in [0, 0.1) is 12.9 Å². The van der Waals surface area contributed by atoms with Crippen LogP contribution in [0.1, 0.15) is 5.56 Å². The Kier molecular flexibility index (Phi) is 2.50. The number of hydrogen-bond acceptors (Lipinski definition) is 3. The van der Waals surface area contributed by atoms with Crippen molar-refractivity contribution in [2.75, 3.05) is 0 Å². The molecule has 3 nitrogen and oxygen atoms in total. The van der Waals surface area contributed by atoms with Crippen LogP contribution in [0.3, 0.4) is 0 Å². The zero-order chi connectivity index (χ0) is 10.9. The first kappa shape index (κ1) is 10.6. The van der Waals surface area contributed by atoms with Gasteiger partial charge in [-0.25, -0.2) is 0 Å². The summed E-state index contributed by atoms with van der Waals surface area (Å²) in [6, 6.07) is 0.790. The zero-order valence-electron chi connectivity index (χ0n) is 6.89. The number of alkyl halides is 3. The molecular formula is C7H5F4NO2. The summed E-state index contributed by atoms with van der Waals surface area (Å²) in [6.07, 6.45) is -5.01. The van der Waals surface area contributed by atoms with E-state index in [2.05, 4.69) is 9.72 Å². The number of halogens is 4. The quantitative estimate of drug-likeness (QED) is 0.571. The normalized spacial score (nSPS) is 11.5. The van der Waals surface area contributed by atoms with Gasteiger partial charge in [0.25, 0.3) is 5.88 Å². The van der Waals surface area contributed by atoms with Crippen molar-refractivity contribution < 1.29 is 27.4 Å². The SMILES string of the molecule is Cc1cc(F)nc(OC(F)(F)F)c1O. The molecule has 0 unspecified atom stereocenters. The molecule has 1 rings (SSSR count). The number of aryl methyl sites for hydroxylation is 1. The van der Waals surface area contributed by atoms with Crippen molar-refractivity contribution in [3.05, 3.63) is 17.6 Å². The van der Waals surface area contributed by atoms with Crippen LogP contribution in [0.5, 0.6) is 11.6 Å². The van der Waals surface area contributed by atoms with Crippen LogP contribution in [0.2, 0.25) is 0 Å². The maximum atomic E-state index is 12.5. The van der Waals surface area contributed by atoms with Crippen LogP contribution in [-0.4, -0.2) is 16.5 Å². The second-order valence-corrected chi connectivity index (χ2v) is 2.46. The van der Waals surface area contributed by atoms with Gasteiger partial charge >= 0.3 is 6.36 Å². The van der Waals surface area contributed by atoms with Crippen LogP contribution in [0.4, 0.5) is 17.6 Å². The number of hydrogen-bond donors (Lipinski definition) is 1. The Balaban J connectivity index is 3.09. The zero-order valence-corrected chi connectivity index (χ0v) is 6.89. The van der Waals surface area contributed by atoms with Gasteiger partial charge in [0, 0.05) is 11.6 Å². The fourth-order valence-corrected chi connectivity index (χ4v) is 0.779. The van der Waals surface area contributed by atoms with Crippen LogP contribution < -0.4 is 4.74 Å². The standard InChI is InChI=1S/C7H5F4NO2/c1-3-2-4(8)12-6(5(3)13)14-7(9,10)11/h2,13H,1H3. The van der Waals surface area contributed by atoms with Gasteiger partial charge in [-0.2, -0.15) is 9.37 Å². The molecule has 7 heteroatoms. The number of pyridine rings is 1. The third kappa shape index (κ3) is 2.48. The lowest BCUT2D eigenvalue weighted by atomic mass is 10.3. The van der Waals surface area contributed by atoms with E-state index in [9.17, 15) is 17.6 Å². The molecule has 0 amide bonds. The summed E-state index contributed by atoms with van der Waals surface area (Å²) in [5, 5.41) is 9.03. The average Bonchev–Trinajstić information content (AvgIpc) is 1.96. The Hall–Kier alpha value is -1.53. The maximum absolute atomic E-state index is 12.5. The van der Waals surface area contributed by atoms with Gasteiger partial charge in [0.15, 0.2) is 5.75 Å². The highest BCUT2D eigenvalue weighted by atomic mass is 19.4. The molecule has 0 aliphatic carbocycles. The third-order valence-corrected chi connectivity index (χ3v) is 1.33. The number of ether oxygens (including phenoxy) is 1. The number of aromatic hydroxyl groups is 1. The Morgan fingerprint density at radius 3 is 2.50 bits per heavy atom. The minimum Gasteiger partial charge on any atom is -0.503 e. The van der Waals surface area contributed by atoms with Crippen molar-refractivity contribution in [3.63, 3.8) is 0 Å². The summed E-state index contributed by atoms with van der Waals surface area (Å²) in [7, 11) is 0. The maximum Gasteiger partial charge on any atom is 0.574 e. The van der Waals surface area contributed by atoms with Crippen molar-refractivity contribution in [2.45, 2.75) is 13.3 Å². The lowest BCUT2D eigenvalue weighted by molar-refractivity contribution is -0.276. The first-order chi connectivity index (χ1) is 6.29. The van der Waals surface area contributed by atoms with E-state index in [1.807, 2.05) is 0 Å². The summed E-state index contributed by atoms with van der Waals surface area (Å²) in [5.41, 5.74) is -0.0863. The molecule has 0 saturated heterocycles. The fraction of sp³-hybridized carbons (Fsp3) is 0.286. The van der Waals surface area contributed by atoms with Gasteiger partial charge in [-0.3, -0.25) is 0 Å². The van der Waals surface area contributed by atoms with Crippen LogP contribution in [-0.2, 0) is 0 Å². The molecule has 0 fully saturated rings. The first-order valence-corrected chi connectivity index (χ1v) is 3.41. The first-order valence-electron chi connectivity index (χ1n) is 3.41. The molecule has 0 bridgehead atoms. The van der Waals surface area contributed by atoms with E-state index in [0.717, 1.165) is 6.07 Å². The third-order valence-electron chi connectivity index (χ3n) is 1.33. The Morgan fingerprint density at radius 1 is 1.43 bits per heavy atom. The molecule has 0 atom stereocenters. The Labute approximate surface area is 76.0 Å². The van der Waals surface area contributed by atoms with E-state index in [4.69, 9.17) is 5.11 Å². The van der Waals surface area contributed by atoms with Crippen molar-refractivity contribution in [1.82, 2.24) is 4.98 Å². The monoisotopic (exact) mass is 211 g/mol. The summed E-state index contributed by atoms with van der Waals surface area (Å²) in [4.78, 5) is 2.76. The molecule has 1 aromatic heterocycles. The van der Waals surface area contributed by atoms with E-state index in [1.54, 1.807) is 0 Å². The highest BCUT2D eigenvalue weighted by molar-refractivity contribution is 5.39. The molecule has 0 spiro atoms. The summed E-state index contributed by atoms with van der Waals surface area (Å²) < 4.78 is 50.9. The van der Waals surface area contributed by atoms with E-state index in [-0.39, 0.29) is 5.56 Å². The smallest absolute Gasteiger partial charge is 0.503 e. The summed E-state index contributed by atoms with van der Waals surface area (Å²) >= 11 is 0. The van der Waals surface area contributed by atoms with Gasteiger partial charge in [0.2, 0.25) is 5.95 Å². The molecule has 0 aliphatic rings.